The second-order valence-electron chi connectivity index (χ2n) is 3.45. The Kier molecular flexibility index (Phi) is 3.59. The van der Waals surface area contributed by atoms with E-state index in [0.29, 0.717) is 6.07 Å². The summed E-state index contributed by atoms with van der Waals surface area (Å²) in [4.78, 5) is 10.3. The molecule has 100 valence electrons. The molecule has 0 spiro atoms. The van der Waals surface area contributed by atoms with Crippen LogP contribution in [0.25, 0.3) is 0 Å². The van der Waals surface area contributed by atoms with Crippen LogP contribution in [0.3, 0.4) is 0 Å². The fourth-order valence-electron chi connectivity index (χ4n) is 1.36. The summed E-state index contributed by atoms with van der Waals surface area (Å²) in [6, 6.07) is 1.16. The minimum absolute atomic E-state index is 0.205. The number of benzene rings is 1. The summed E-state index contributed by atoms with van der Waals surface area (Å²) in [7, 11) is 0. The monoisotopic (exact) mass is 272 g/mol. The molecule has 1 aromatic carbocycles. The van der Waals surface area contributed by atoms with Crippen LogP contribution in [0, 0.1) is 0 Å². The summed E-state index contributed by atoms with van der Waals surface area (Å²) in [5.74, 6) is -1.43. The number of carboxylic acids is 1. The van der Waals surface area contributed by atoms with Gasteiger partial charge in [-0.15, -0.1) is 0 Å². The minimum Gasteiger partial charge on any atom is -0.481 e. The lowest BCUT2D eigenvalue weighted by atomic mass is 10.0. The Morgan fingerprint density at radius 2 is 1.50 bits per heavy atom. The maximum atomic E-state index is 12.4. The van der Waals surface area contributed by atoms with Crippen molar-refractivity contribution < 1.29 is 36.2 Å². The van der Waals surface area contributed by atoms with Crippen molar-refractivity contribution in [2.75, 3.05) is 0 Å². The fourth-order valence-corrected chi connectivity index (χ4v) is 1.36. The predicted molar refractivity (Wildman–Crippen MR) is 47.8 cm³/mol. The fraction of sp³-hybridized carbons (Fsp3) is 0.300. The van der Waals surface area contributed by atoms with Gasteiger partial charge in [0.05, 0.1) is 17.5 Å². The molecule has 0 fully saturated rings. The molecule has 1 N–H and O–H groups in total. The van der Waals surface area contributed by atoms with E-state index in [0.717, 1.165) is 0 Å². The SMILES string of the molecule is O=C(O)Cc1ccc(C(F)(F)F)c(C(F)(F)F)c1. The van der Waals surface area contributed by atoms with E-state index in [9.17, 15) is 31.1 Å². The first kappa shape index (κ1) is 14.3. The summed E-state index contributed by atoms with van der Waals surface area (Å²) in [5, 5.41) is 8.39. The molecule has 0 aliphatic carbocycles. The molecule has 1 aromatic rings. The van der Waals surface area contributed by atoms with E-state index < -0.39 is 35.9 Å². The van der Waals surface area contributed by atoms with Gasteiger partial charge in [0.1, 0.15) is 0 Å². The molecular formula is C10H6F6O2. The van der Waals surface area contributed by atoms with Crippen molar-refractivity contribution >= 4 is 5.97 Å². The number of rotatable bonds is 2. The maximum Gasteiger partial charge on any atom is 0.417 e. The molecular weight excluding hydrogens is 266 g/mol. The Hall–Kier alpha value is -1.73. The lowest BCUT2D eigenvalue weighted by molar-refractivity contribution is -0.162. The van der Waals surface area contributed by atoms with E-state index in [2.05, 4.69) is 0 Å². The number of halogens is 6. The normalized spacial score (nSPS) is 12.6. The number of hydrogen-bond acceptors (Lipinski definition) is 1. The summed E-state index contributed by atoms with van der Waals surface area (Å²) in [5.41, 5.74) is -4.05. The second kappa shape index (κ2) is 4.51. The highest BCUT2D eigenvalue weighted by Crippen LogP contribution is 2.40. The van der Waals surface area contributed by atoms with Crippen molar-refractivity contribution in [1.82, 2.24) is 0 Å². The molecule has 0 atom stereocenters. The lowest BCUT2D eigenvalue weighted by Crippen LogP contribution is -2.17. The van der Waals surface area contributed by atoms with Gasteiger partial charge in [-0.2, -0.15) is 26.3 Å². The summed E-state index contributed by atoms with van der Waals surface area (Å²) >= 11 is 0. The quantitative estimate of drug-likeness (QED) is 0.838. The Morgan fingerprint density at radius 3 is 1.89 bits per heavy atom. The van der Waals surface area contributed by atoms with Crippen LogP contribution in [-0.4, -0.2) is 11.1 Å². The molecule has 8 heteroatoms. The summed E-state index contributed by atoms with van der Waals surface area (Å²) in [6.45, 7) is 0. The molecule has 0 saturated heterocycles. The van der Waals surface area contributed by atoms with Crippen molar-refractivity contribution in [3.63, 3.8) is 0 Å². The van der Waals surface area contributed by atoms with Gasteiger partial charge in [0.2, 0.25) is 0 Å². The molecule has 0 heterocycles. The molecule has 2 nitrogen and oxygen atoms in total. The molecule has 18 heavy (non-hydrogen) atoms. The zero-order valence-corrected chi connectivity index (χ0v) is 8.56. The van der Waals surface area contributed by atoms with Gasteiger partial charge in [0, 0.05) is 0 Å². The largest absolute Gasteiger partial charge is 0.481 e. The van der Waals surface area contributed by atoms with E-state index >= 15 is 0 Å². The number of carboxylic acid groups (broad SMARTS) is 1. The standard InChI is InChI=1S/C10H6F6O2/c11-9(12,13)6-2-1-5(4-8(17)18)3-7(6)10(14,15)16/h1-3H,4H2,(H,17,18). The van der Waals surface area contributed by atoms with Crippen LogP contribution in [0.2, 0.25) is 0 Å². The van der Waals surface area contributed by atoms with Gasteiger partial charge in [-0.3, -0.25) is 4.79 Å². The van der Waals surface area contributed by atoms with E-state index in [1.165, 1.54) is 0 Å². The van der Waals surface area contributed by atoms with Gasteiger partial charge in [-0.1, -0.05) is 6.07 Å². The van der Waals surface area contributed by atoms with Gasteiger partial charge in [0.25, 0.3) is 0 Å². The van der Waals surface area contributed by atoms with E-state index in [4.69, 9.17) is 5.11 Å². The highest BCUT2D eigenvalue weighted by Gasteiger charge is 2.43. The first-order valence-corrected chi connectivity index (χ1v) is 4.51. The smallest absolute Gasteiger partial charge is 0.417 e. The Labute approximate surface area is 96.8 Å². The molecule has 0 aliphatic rings. The van der Waals surface area contributed by atoms with Gasteiger partial charge in [-0.25, -0.2) is 0 Å². The average molecular weight is 272 g/mol. The van der Waals surface area contributed by atoms with Crippen LogP contribution in [0.5, 0.6) is 0 Å². The van der Waals surface area contributed by atoms with E-state index in [1.54, 1.807) is 0 Å². The molecule has 0 unspecified atom stereocenters. The van der Waals surface area contributed by atoms with Gasteiger partial charge in [-0.05, 0) is 17.7 Å². The molecule has 0 saturated carbocycles. The number of alkyl halides is 6. The maximum absolute atomic E-state index is 12.4. The van der Waals surface area contributed by atoms with Crippen LogP contribution in [0.4, 0.5) is 26.3 Å². The lowest BCUT2D eigenvalue weighted by Gasteiger charge is -2.16. The molecule has 0 bridgehead atoms. The van der Waals surface area contributed by atoms with E-state index in [-0.39, 0.29) is 17.7 Å². The zero-order valence-electron chi connectivity index (χ0n) is 8.56. The number of carbonyl (C=O) groups is 1. The Morgan fingerprint density at radius 1 is 1.00 bits per heavy atom. The molecule has 0 radical (unpaired) electrons. The zero-order chi connectivity index (χ0) is 14.1. The Balaban J connectivity index is 3.35. The van der Waals surface area contributed by atoms with Crippen LogP contribution < -0.4 is 0 Å². The highest BCUT2D eigenvalue weighted by molar-refractivity contribution is 5.70. The van der Waals surface area contributed by atoms with Gasteiger partial charge in [0.15, 0.2) is 0 Å². The first-order valence-electron chi connectivity index (χ1n) is 4.51. The first-order chi connectivity index (χ1) is 8.01. The molecule has 1 rings (SSSR count). The number of aliphatic carboxylic acids is 1. The van der Waals surface area contributed by atoms with Crippen molar-refractivity contribution in [3.05, 3.63) is 34.9 Å². The topological polar surface area (TPSA) is 37.3 Å². The molecule has 0 aromatic heterocycles. The van der Waals surface area contributed by atoms with Crippen molar-refractivity contribution in [1.29, 1.82) is 0 Å². The molecule has 0 amide bonds. The molecule has 0 aliphatic heterocycles. The summed E-state index contributed by atoms with van der Waals surface area (Å²) < 4.78 is 74.4. The third-order valence-corrected chi connectivity index (χ3v) is 2.05. The van der Waals surface area contributed by atoms with Crippen LogP contribution >= 0.6 is 0 Å². The predicted octanol–water partition coefficient (Wildman–Crippen LogP) is 3.35. The van der Waals surface area contributed by atoms with Crippen molar-refractivity contribution in [3.8, 4) is 0 Å². The van der Waals surface area contributed by atoms with Crippen molar-refractivity contribution in [2.45, 2.75) is 18.8 Å². The van der Waals surface area contributed by atoms with Crippen LogP contribution in [-0.2, 0) is 23.6 Å². The van der Waals surface area contributed by atoms with Crippen LogP contribution in [0.1, 0.15) is 16.7 Å². The average Bonchev–Trinajstić information content (AvgIpc) is 2.13. The highest BCUT2D eigenvalue weighted by atomic mass is 19.4. The number of hydrogen-bond donors (Lipinski definition) is 1. The second-order valence-corrected chi connectivity index (χ2v) is 3.45. The van der Waals surface area contributed by atoms with Crippen LogP contribution in [0.15, 0.2) is 18.2 Å². The third kappa shape index (κ3) is 3.38. The van der Waals surface area contributed by atoms with Gasteiger partial charge >= 0.3 is 18.3 Å². The third-order valence-electron chi connectivity index (χ3n) is 2.05. The van der Waals surface area contributed by atoms with Crippen molar-refractivity contribution in [2.24, 2.45) is 0 Å². The van der Waals surface area contributed by atoms with Gasteiger partial charge < -0.3 is 5.11 Å². The Bertz CT molecular complexity index is 460. The van der Waals surface area contributed by atoms with E-state index in [1.807, 2.05) is 0 Å². The minimum atomic E-state index is -5.20. The summed E-state index contributed by atoms with van der Waals surface area (Å²) in [6.07, 6.45) is -11.1.